The molecule has 5 heteroatoms. The maximum Gasteiger partial charge on any atom is 0.135 e. The zero-order chi connectivity index (χ0) is 14.5. The van der Waals surface area contributed by atoms with Crippen LogP contribution in [0.25, 0.3) is 0 Å². The van der Waals surface area contributed by atoms with E-state index in [1.807, 2.05) is 0 Å². The molecular formula is C16H26N4O. The molecular weight excluding hydrogens is 264 g/mol. The van der Waals surface area contributed by atoms with Gasteiger partial charge in [-0.05, 0) is 45.1 Å². The number of aryl methyl sites for hydroxylation is 1. The number of fused-ring (bicyclic) bond motifs is 1. The molecule has 3 rings (SSSR count). The summed E-state index contributed by atoms with van der Waals surface area (Å²) in [5.41, 5.74) is 2.63. The van der Waals surface area contributed by atoms with E-state index in [0.29, 0.717) is 6.04 Å². The molecule has 1 N–H and O–H groups in total. The minimum Gasteiger partial charge on any atom is -0.383 e. The Kier molecular flexibility index (Phi) is 5.04. The number of nitrogens with zero attached hydrogens (tertiary/aromatic N) is 3. The van der Waals surface area contributed by atoms with E-state index < -0.39 is 0 Å². The monoisotopic (exact) mass is 290 g/mol. The minimum atomic E-state index is 0.580. The summed E-state index contributed by atoms with van der Waals surface area (Å²) in [4.78, 5) is 11.5. The number of aromatic nitrogens is 2. The third kappa shape index (κ3) is 3.52. The lowest BCUT2D eigenvalue weighted by atomic mass is 9.96. The van der Waals surface area contributed by atoms with Gasteiger partial charge in [-0.1, -0.05) is 0 Å². The molecule has 0 radical (unpaired) electrons. The van der Waals surface area contributed by atoms with Crippen LogP contribution in [-0.4, -0.2) is 49.4 Å². The molecule has 1 unspecified atom stereocenters. The van der Waals surface area contributed by atoms with Gasteiger partial charge >= 0.3 is 0 Å². The third-order valence-electron chi connectivity index (χ3n) is 4.57. The number of rotatable bonds is 6. The molecule has 1 aliphatic carbocycles. The molecule has 1 aliphatic heterocycles. The van der Waals surface area contributed by atoms with Crippen molar-refractivity contribution in [2.75, 3.05) is 38.3 Å². The van der Waals surface area contributed by atoms with E-state index in [1.54, 1.807) is 13.4 Å². The smallest absolute Gasteiger partial charge is 0.135 e. The molecule has 1 aromatic heterocycles. The van der Waals surface area contributed by atoms with Crippen LogP contribution in [0, 0.1) is 0 Å². The standard InChI is InChI=1S/C16H26N4O/c1-21-10-9-20(11-13-5-4-8-17-13)16-14-6-2-3-7-15(14)18-12-19-16/h12-13,17H,2-11H2,1H3. The summed E-state index contributed by atoms with van der Waals surface area (Å²) in [6.45, 7) is 3.81. The van der Waals surface area contributed by atoms with Crippen molar-refractivity contribution in [1.29, 1.82) is 0 Å². The lowest BCUT2D eigenvalue weighted by molar-refractivity contribution is 0.204. The Morgan fingerprint density at radius 3 is 3.00 bits per heavy atom. The Balaban J connectivity index is 1.80. The number of nitrogens with one attached hydrogen (secondary N) is 1. The van der Waals surface area contributed by atoms with Gasteiger partial charge in [-0.3, -0.25) is 0 Å². The van der Waals surface area contributed by atoms with E-state index in [9.17, 15) is 0 Å². The van der Waals surface area contributed by atoms with Crippen molar-refractivity contribution < 1.29 is 4.74 Å². The highest BCUT2D eigenvalue weighted by Gasteiger charge is 2.23. The number of hydrogen-bond acceptors (Lipinski definition) is 5. The fourth-order valence-corrected chi connectivity index (χ4v) is 3.44. The second-order valence-corrected chi connectivity index (χ2v) is 6.06. The number of methoxy groups -OCH3 is 1. The molecule has 0 bridgehead atoms. The lowest BCUT2D eigenvalue weighted by Gasteiger charge is -2.30. The highest BCUT2D eigenvalue weighted by molar-refractivity contribution is 5.49. The van der Waals surface area contributed by atoms with Crippen LogP contribution in [0.5, 0.6) is 0 Å². The molecule has 0 amide bonds. The Morgan fingerprint density at radius 1 is 1.29 bits per heavy atom. The summed E-state index contributed by atoms with van der Waals surface area (Å²) in [5.74, 6) is 1.14. The molecule has 0 aromatic carbocycles. The zero-order valence-corrected chi connectivity index (χ0v) is 13.0. The van der Waals surface area contributed by atoms with Gasteiger partial charge in [0.15, 0.2) is 0 Å². The third-order valence-corrected chi connectivity index (χ3v) is 4.57. The van der Waals surface area contributed by atoms with Gasteiger partial charge in [-0.2, -0.15) is 0 Å². The topological polar surface area (TPSA) is 50.3 Å². The Hall–Kier alpha value is -1.20. The summed E-state index contributed by atoms with van der Waals surface area (Å²) >= 11 is 0. The summed E-state index contributed by atoms with van der Waals surface area (Å²) < 4.78 is 5.30. The second kappa shape index (κ2) is 7.18. The van der Waals surface area contributed by atoms with Gasteiger partial charge in [0.2, 0.25) is 0 Å². The van der Waals surface area contributed by atoms with Crippen LogP contribution >= 0.6 is 0 Å². The molecule has 116 valence electrons. The number of anilines is 1. The number of ether oxygens (including phenoxy) is 1. The molecule has 2 heterocycles. The van der Waals surface area contributed by atoms with Crippen molar-refractivity contribution >= 4 is 5.82 Å². The summed E-state index contributed by atoms with van der Waals surface area (Å²) in [6.07, 6.45) is 9.01. The van der Waals surface area contributed by atoms with Gasteiger partial charge in [0, 0.05) is 37.5 Å². The van der Waals surface area contributed by atoms with E-state index in [2.05, 4.69) is 20.2 Å². The first kappa shape index (κ1) is 14.7. The summed E-state index contributed by atoms with van der Waals surface area (Å²) in [6, 6.07) is 0.580. The molecule has 0 spiro atoms. The maximum absolute atomic E-state index is 5.30. The Bertz CT molecular complexity index is 460. The lowest BCUT2D eigenvalue weighted by Crippen LogP contribution is -2.40. The fraction of sp³-hybridized carbons (Fsp3) is 0.750. The van der Waals surface area contributed by atoms with E-state index in [1.165, 1.54) is 36.9 Å². The summed E-state index contributed by atoms with van der Waals surface area (Å²) in [7, 11) is 1.77. The molecule has 1 saturated heterocycles. The quantitative estimate of drug-likeness (QED) is 0.861. The van der Waals surface area contributed by atoms with Crippen molar-refractivity contribution in [2.24, 2.45) is 0 Å². The van der Waals surface area contributed by atoms with Crippen LogP contribution in [-0.2, 0) is 17.6 Å². The van der Waals surface area contributed by atoms with Crippen LogP contribution in [0.4, 0.5) is 5.82 Å². The fourth-order valence-electron chi connectivity index (χ4n) is 3.44. The minimum absolute atomic E-state index is 0.580. The van der Waals surface area contributed by atoms with E-state index in [-0.39, 0.29) is 0 Å². The van der Waals surface area contributed by atoms with Crippen molar-refractivity contribution in [3.8, 4) is 0 Å². The van der Waals surface area contributed by atoms with Crippen LogP contribution < -0.4 is 10.2 Å². The molecule has 21 heavy (non-hydrogen) atoms. The van der Waals surface area contributed by atoms with Crippen LogP contribution in [0.15, 0.2) is 6.33 Å². The van der Waals surface area contributed by atoms with Crippen LogP contribution in [0.3, 0.4) is 0 Å². The molecule has 0 saturated carbocycles. The van der Waals surface area contributed by atoms with Crippen molar-refractivity contribution in [3.63, 3.8) is 0 Å². The predicted molar refractivity (Wildman–Crippen MR) is 83.8 cm³/mol. The molecule has 1 atom stereocenters. The normalized spacial score (nSPS) is 21.3. The summed E-state index contributed by atoms with van der Waals surface area (Å²) in [5, 5.41) is 3.59. The van der Waals surface area contributed by atoms with E-state index in [4.69, 9.17) is 4.74 Å². The molecule has 1 fully saturated rings. The molecule has 5 nitrogen and oxygen atoms in total. The number of hydrogen-bond donors (Lipinski definition) is 1. The zero-order valence-electron chi connectivity index (χ0n) is 13.0. The Morgan fingerprint density at radius 2 is 2.19 bits per heavy atom. The average Bonchev–Trinajstić information content (AvgIpc) is 3.04. The first-order valence-electron chi connectivity index (χ1n) is 8.18. The van der Waals surface area contributed by atoms with Crippen molar-refractivity contribution in [3.05, 3.63) is 17.6 Å². The average molecular weight is 290 g/mol. The van der Waals surface area contributed by atoms with Gasteiger partial charge < -0.3 is 15.0 Å². The first-order chi connectivity index (χ1) is 10.4. The van der Waals surface area contributed by atoms with Crippen LogP contribution in [0.2, 0.25) is 0 Å². The maximum atomic E-state index is 5.30. The van der Waals surface area contributed by atoms with E-state index >= 15 is 0 Å². The highest BCUT2D eigenvalue weighted by Crippen LogP contribution is 2.27. The van der Waals surface area contributed by atoms with Gasteiger partial charge in [-0.15, -0.1) is 0 Å². The van der Waals surface area contributed by atoms with Crippen LogP contribution in [0.1, 0.15) is 36.9 Å². The van der Waals surface area contributed by atoms with Gasteiger partial charge in [-0.25, -0.2) is 9.97 Å². The van der Waals surface area contributed by atoms with Crippen molar-refractivity contribution in [1.82, 2.24) is 15.3 Å². The highest BCUT2D eigenvalue weighted by atomic mass is 16.5. The predicted octanol–water partition coefficient (Wildman–Crippen LogP) is 1.56. The Labute approximate surface area is 127 Å². The molecule has 2 aliphatic rings. The SMILES string of the molecule is COCCN(CC1CCCN1)c1ncnc2c1CCCC2. The largest absolute Gasteiger partial charge is 0.383 e. The van der Waals surface area contributed by atoms with Gasteiger partial charge in [0.25, 0.3) is 0 Å². The molecule has 1 aromatic rings. The van der Waals surface area contributed by atoms with Crippen molar-refractivity contribution in [2.45, 2.75) is 44.6 Å². The first-order valence-corrected chi connectivity index (χ1v) is 8.18. The van der Waals surface area contributed by atoms with Gasteiger partial charge in [0.1, 0.15) is 12.1 Å². The van der Waals surface area contributed by atoms with Gasteiger partial charge in [0.05, 0.1) is 6.61 Å². The second-order valence-electron chi connectivity index (χ2n) is 6.06. The van der Waals surface area contributed by atoms with E-state index in [0.717, 1.165) is 44.9 Å².